The van der Waals surface area contributed by atoms with Crippen LogP contribution in [-0.2, 0) is 12.8 Å². The summed E-state index contributed by atoms with van der Waals surface area (Å²) < 4.78 is 0. The van der Waals surface area contributed by atoms with Crippen molar-refractivity contribution in [3.8, 4) is 11.3 Å². The van der Waals surface area contributed by atoms with Crippen LogP contribution in [0.2, 0.25) is 0 Å². The van der Waals surface area contributed by atoms with Gasteiger partial charge in [-0.15, -0.1) is 0 Å². The fraction of sp³-hybridized carbons (Fsp3) is 0.429. The van der Waals surface area contributed by atoms with E-state index in [9.17, 15) is 0 Å². The summed E-state index contributed by atoms with van der Waals surface area (Å²) in [5.41, 5.74) is 6.95. The van der Waals surface area contributed by atoms with Crippen LogP contribution in [0.4, 0.5) is 0 Å². The molecule has 0 radical (unpaired) electrons. The summed E-state index contributed by atoms with van der Waals surface area (Å²) >= 11 is 0. The molecule has 0 fully saturated rings. The van der Waals surface area contributed by atoms with Gasteiger partial charge in [-0.05, 0) is 47.9 Å². The van der Waals surface area contributed by atoms with Gasteiger partial charge in [0.1, 0.15) is 0 Å². The smallest absolute Gasteiger partial charge is 0.0888 e. The number of benzene rings is 1. The van der Waals surface area contributed by atoms with Gasteiger partial charge in [0.15, 0.2) is 0 Å². The van der Waals surface area contributed by atoms with Gasteiger partial charge in [-0.3, -0.25) is 9.97 Å². The van der Waals surface area contributed by atoms with Crippen LogP contribution in [0.1, 0.15) is 64.4 Å². The van der Waals surface area contributed by atoms with E-state index >= 15 is 0 Å². The van der Waals surface area contributed by atoms with Crippen molar-refractivity contribution < 1.29 is 0 Å². The second kappa shape index (κ2) is 8.09. The molecule has 3 heteroatoms. The summed E-state index contributed by atoms with van der Waals surface area (Å²) in [6.45, 7) is 12.7. The molecule has 0 atom stereocenters. The fourth-order valence-electron chi connectivity index (χ4n) is 2.77. The van der Waals surface area contributed by atoms with E-state index in [2.05, 4.69) is 60.8 Å². The van der Waals surface area contributed by atoms with Crippen LogP contribution in [0.5, 0.6) is 0 Å². The average molecular weight is 323 g/mol. The zero-order valence-electron chi connectivity index (χ0n) is 15.8. The third-order valence-corrected chi connectivity index (χ3v) is 4.21. The zero-order valence-corrected chi connectivity index (χ0v) is 15.8. The fourth-order valence-corrected chi connectivity index (χ4v) is 2.77. The Labute approximate surface area is 145 Å². The van der Waals surface area contributed by atoms with Crippen molar-refractivity contribution in [3.05, 3.63) is 47.5 Å². The van der Waals surface area contributed by atoms with Gasteiger partial charge in [-0.25, -0.2) is 0 Å². The first-order valence-corrected chi connectivity index (χ1v) is 9.09. The van der Waals surface area contributed by atoms with Crippen molar-refractivity contribution in [2.75, 3.05) is 0 Å². The molecule has 0 saturated carbocycles. The Morgan fingerprint density at radius 2 is 1.71 bits per heavy atom. The van der Waals surface area contributed by atoms with Crippen molar-refractivity contribution >= 4 is 10.9 Å². The number of nitrogens with zero attached hydrogens (tertiary/aromatic N) is 2. The minimum Gasteiger partial charge on any atom is -0.358 e. The lowest BCUT2D eigenvalue weighted by Gasteiger charge is -2.08. The Kier molecular flexibility index (Phi) is 6.13. The van der Waals surface area contributed by atoms with E-state index in [4.69, 9.17) is 0 Å². The van der Waals surface area contributed by atoms with Crippen molar-refractivity contribution in [2.45, 2.75) is 60.3 Å². The maximum Gasteiger partial charge on any atom is 0.0888 e. The van der Waals surface area contributed by atoms with Crippen LogP contribution >= 0.6 is 0 Å². The van der Waals surface area contributed by atoms with E-state index in [1.807, 2.05) is 26.2 Å². The van der Waals surface area contributed by atoms with E-state index in [0.29, 0.717) is 5.92 Å². The molecule has 3 nitrogen and oxygen atoms in total. The summed E-state index contributed by atoms with van der Waals surface area (Å²) in [4.78, 5) is 12.6. The Morgan fingerprint density at radius 3 is 2.25 bits per heavy atom. The van der Waals surface area contributed by atoms with Gasteiger partial charge in [0, 0.05) is 23.0 Å². The Bertz CT molecular complexity index is 783. The number of rotatable bonds is 4. The van der Waals surface area contributed by atoms with Gasteiger partial charge < -0.3 is 4.98 Å². The molecule has 0 aliphatic carbocycles. The van der Waals surface area contributed by atoms with Crippen LogP contribution in [0.25, 0.3) is 22.2 Å². The predicted octanol–water partition coefficient (Wildman–Crippen LogP) is 5.90. The molecule has 24 heavy (non-hydrogen) atoms. The molecule has 3 rings (SSSR count). The lowest BCUT2D eigenvalue weighted by molar-refractivity contribution is 0.836. The minimum absolute atomic E-state index is 0.504. The summed E-state index contributed by atoms with van der Waals surface area (Å²) in [5, 5.41) is 1.28. The van der Waals surface area contributed by atoms with E-state index in [0.717, 1.165) is 24.2 Å². The van der Waals surface area contributed by atoms with E-state index in [-0.39, 0.29) is 0 Å². The first kappa shape index (κ1) is 18.2. The Hall–Kier alpha value is -2.16. The van der Waals surface area contributed by atoms with Crippen molar-refractivity contribution in [1.82, 2.24) is 15.0 Å². The normalized spacial score (nSPS) is 10.8. The van der Waals surface area contributed by atoms with E-state index < -0.39 is 0 Å². The van der Waals surface area contributed by atoms with Crippen molar-refractivity contribution in [1.29, 1.82) is 0 Å². The van der Waals surface area contributed by atoms with Crippen LogP contribution < -0.4 is 0 Å². The van der Waals surface area contributed by atoms with Crippen LogP contribution in [-0.4, -0.2) is 15.0 Å². The number of hydrogen-bond donors (Lipinski definition) is 1. The third-order valence-electron chi connectivity index (χ3n) is 4.21. The highest BCUT2D eigenvalue weighted by Gasteiger charge is 2.11. The predicted molar refractivity (Wildman–Crippen MR) is 104 cm³/mol. The molecule has 0 saturated heterocycles. The van der Waals surface area contributed by atoms with Crippen LogP contribution in [0.15, 0.2) is 30.6 Å². The second-order valence-corrected chi connectivity index (χ2v) is 6.08. The Morgan fingerprint density at radius 1 is 0.958 bits per heavy atom. The molecule has 0 unspecified atom stereocenters. The molecule has 3 aromatic rings. The topological polar surface area (TPSA) is 41.6 Å². The summed E-state index contributed by atoms with van der Waals surface area (Å²) in [5.74, 6) is 0.504. The molecule has 0 aliphatic rings. The number of aryl methyl sites for hydroxylation is 2. The molecule has 0 amide bonds. The highest BCUT2D eigenvalue weighted by molar-refractivity contribution is 5.87. The second-order valence-electron chi connectivity index (χ2n) is 6.08. The lowest BCUT2D eigenvalue weighted by Crippen LogP contribution is -1.94. The van der Waals surface area contributed by atoms with Gasteiger partial charge in [-0.1, -0.05) is 41.5 Å². The maximum absolute atomic E-state index is 4.60. The van der Waals surface area contributed by atoms with Crippen LogP contribution in [0.3, 0.4) is 0 Å². The molecule has 1 aromatic carbocycles. The highest BCUT2D eigenvalue weighted by atomic mass is 14.8. The van der Waals surface area contributed by atoms with E-state index in [1.54, 1.807) is 0 Å². The van der Waals surface area contributed by atoms with Gasteiger partial charge in [0.25, 0.3) is 0 Å². The van der Waals surface area contributed by atoms with Gasteiger partial charge in [-0.2, -0.15) is 0 Å². The van der Waals surface area contributed by atoms with Crippen molar-refractivity contribution in [2.24, 2.45) is 0 Å². The molecule has 2 aromatic heterocycles. The number of fused-ring (bicyclic) bond motifs is 1. The molecule has 2 heterocycles. The van der Waals surface area contributed by atoms with Gasteiger partial charge in [0.05, 0.1) is 17.6 Å². The summed E-state index contributed by atoms with van der Waals surface area (Å²) in [6, 6.07) is 6.76. The first-order valence-electron chi connectivity index (χ1n) is 9.09. The lowest BCUT2D eigenvalue weighted by atomic mass is 10.00. The Balaban J connectivity index is 0.00000100. The maximum atomic E-state index is 4.60. The summed E-state index contributed by atoms with van der Waals surface area (Å²) in [6.07, 6.45) is 5.69. The molecule has 128 valence electrons. The number of hydrogen-bond acceptors (Lipinski definition) is 2. The first-order chi connectivity index (χ1) is 11.6. The monoisotopic (exact) mass is 323 g/mol. The minimum atomic E-state index is 0.504. The molecule has 0 bridgehead atoms. The molecule has 1 N–H and O–H groups in total. The molecular weight excluding hydrogens is 294 g/mol. The number of aromatic amines is 1. The number of H-pyrrole nitrogens is 1. The third kappa shape index (κ3) is 3.66. The standard InChI is InChI=1S/C19H23N3.C2H6/c1-5-13-7-14-8-17(12(3)4)22-18(14)9-16(13)19-11-20-15(6-2)10-21-19;1-2/h7-12,22H,5-6H2,1-4H3;1-2H3. The quantitative estimate of drug-likeness (QED) is 0.649. The van der Waals surface area contributed by atoms with Gasteiger partial charge >= 0.3 is 0 Å². The highest BCUT2D eigenvalue weighted by Crippen LogP contribution is 2.29. The van der Waals surface area contributed by atoms with Gasteiger partial charge in [0.2, 0.25) is 0 Å². The van der Waals surface area contributed by atoms with E-state index in [1.165, 1.54) is 27.7 Å². The average Bonchev–Trinajstić information content (AvgIpc) is 3.05. The van der Waals surface area contributed by atoms with Crippen molar-refractivity contribution in [3.63, 3.8) is 0 Å². The molecular formula is C21H29N3. The summed E-state index contributed by atoms with van der Waals surface area (Å²) in [7, 11) is 0. The zero-order chi connectivity index (χ0) is 17.7. The number of aromatic nitrogens is 3. The van der Waals surface area contributed by atoms with Crippen LogP contribution in [0, 0.1) is 0 Å². The molecule has 0 aliphatic heterocycles. The molecule has 0 spiro atoms. The number of nitrogens with one attached hydrogen (secondary N) is 1. The SMILES string of the molecule is CC.CCc1cnc(-c2cc3[nH]c(C(C)C)cc3cc2CC)cn1. The largest absolute Gasteiger partial charge is 0.358 e.